The van der Waals surface area contributed by atoms with Gasteiger partial charge in [-0.1, -0.05) is 0 Å². The average molecular weight is 299 g/mol. The van der Waals surface area contributed by atoms with Gasteiger partial charge in [-0.3, -0.25) is 14.5 Å². The molecule has 5 nitrogen and oxygen atoms in total. The van der Waals surface area contributed by atoms with Crippen molar-refractivity contribution in [3.8, 4) is 0 Å². The standard InChI is InChI=1S/C17H21N3O2/c1-11(2)19-6-5-16-14(8-19)13-7-12(10-21)3-4-15(13)20(16)9-17(18)22/h3-4,7,10-11H,5-6,8-9H2,1-2H3,(H2,18,22). The van der Waals surface area contributed by atoms with Crippen LogP contribution in [0.5, 0.6) is 0 Å². The summed E-state index contributed by atoms with van der Waals surface area (Å²) in [5, 5.41) is 1.06. The summed E-state index contributed by atoms with van der Waals surface area (Å²) in [7, 11) is 0. The molecule has 0 radical (unpaired) electrons. The Hall–Kier alpha value is -2.14. The van der Waals surface area contributed by atoms with Crippen molar-refractivity contribution in [1.82, 2.24) is 9.47 Å². The summed E-state index contributed by atoms with van der Waals surface area (Å²) in [4.78, 5) is 24.9. The molecule has 5 heteroatoms. The number of nitrogens with zero attached hydrogens (tertiary/aromatic N) is 2. The zero-order valence-electron chi connectivity index (χ0n) is 13.0. The van der Waals surface area contributed by atoms with Gasteiger partial charge in [-0.15, -0.1) is 0 Å². The maximum atomic E-state index is 11.4. The summed E-state index contributed by atoms with van der Waals surface area (Å²) < 4.78 is 2.01. The Morgan fingerprint density at radius 1 is 1.41 bits per heavy atom. The van der Waals surface area contributed by atoms with Gasteiger partial charge in [0.2, 0.25) is 5.91 Å². The molecule has 0 spiro atoms. The molecule has 1 amide bonds. The van der Waals surface area contributed by atoms with Crippen molar-refractivity contribution >= 4 is 23.1 Å². The highest BCUT2D eigenvalue weighted by molar-refractivity contribution is 5.92. The third-order valence-electron chi connectivity index (χ3n) is 4.49. The van der Waals surface area contributed by atoms with Gasteiger partial charge in [-0.05, 0) is 37.6 Å². The topological polar surface area (TPSA) is 68.3 Å². The van der Waals surface area contributed by atoms with Gasteiger partial charge in [0.1, 0.15) is 12.8 Å². The Morgan fingerprint density at radius 3 is 2.82 bits per heavy atom. The molecule has 1 aliphatic heterocycles. The number of hydrogen-bond acceptors (Lipinski definition) is 3. The Bertz CT molecular complexity index is 746. The molecule has 1 aromatic carbocycles. The third kappa shape index (κ3) is 2.41. The number of carbonyl (C=O) groups excluding carboxylic acids is 2. The van der Waals surface area contributed by atoms with E-state index in [1.807, 2.05) is 16.7 Å². The van der Waals surface area contributed by atoms with Crippen LogP contribution in [0.4, 0.5) is 0 Å². The van der Waals surface area contributed by atoms with Crippen molar-refractivity contribution in [3.05, 3.63) is 35.0 Å². The van der Waals surface area contributed by atoms with Gasteiger partial charge in [-0.25, -0.2) is 0 Å². The minimum Gasteiger partial charge on any atom is -0.368 e. The first-order chi connectivity index (χ1) is 10.5. The number of primary amides is 1. The lowest BCUT2D eigenvalue weighted by Crippen LogP contribution is -2.36. The van der Waals surface area contributed by atoms with Gasteiger partial charge in [0.05, 0.1) is 0 Å². The molecule has 0 bridgehead atoms. The molecule has 0 unspecified atom stereocenters. The number of fused-ring (bicyclic) bond motifs is 3. The fourth-order valence-electron chi connectivity index (χ4n) is 3.34. The molecule has 2 aromatic rings. The van der Waals surface area contributed by atoms with E-state index in [2.05, 4.69) is 18.7 Å². The normalized spacial score (nSPS) is 15.2. The van der Waals surface area contributed by atoms with Crippen LogP contribution in [0.15, 0.2) is 18.2 Å². The number of hydrogen-bond donors (Lipinski definition) is 1. The minimum absolute atomic E-state index is 0.188. The molecule has 0 atom stereocenters. The van der Waals surface area contributed by atoms with Crippen LogP contribution in [0.2, 0.25) is 0 Å². The molecule has 0 saturated carbocycles. The number of amides is 1. The molecule has 22 heavy (non-hydrogen) atoms. The van der Waals surface area contributed by atoms with Gasteiger partial charge in [0, 0.05) is 47.7 Å². The highest BCUT2D eigenvalue weighted by atomic mass is 16.1. The highest BCUT2D eigenvalue weighted by Crippen LogP contribution is 2.32. The smallest absolute Gasteiger partial charge is 0.237 e. The van der Waals surface area contributed by atoms with E-state index in [4.69, 9.17) is 5.73 Å². The Balaban J connectivity index is 2.19. The van der Waals surface area contributed by atoms with Crippen molar-refractivity contribution in [2.75, 3.05) is 6.54 Å². The van der Waals surface area contributed by atoms with Gasteiger partial charge in [-0.2, -0.15) is 0 Å². The third-order valence-corrected chi connectivity index (χ3v) is 4.49. The molecule has 1 aromatic heterocycles. The zero-order valence-corrected chi connectivity index (χ0v) is 13.0. The second-order valence-corrected chi connectivity index (χ2v) is 6.19. The molecular weight excluding hydrogens is 278 g/mol. The predicted octanol–water partition coefficient (Wildman–Crippen LogP) is 1.71. The van der Waals surface area contributed by atoms with Gasteiger partial charge in [0.25, 0.3) is 0 Å². The van der Waals surface area contributed by atoms with Gasteiger partial charge in [0.15, 0.2) is 0 Å². The summed E-state index contributed by atoms with van der Waals surface area (Å²) in [5.74, 6) is -0.342. The average Bonchev–Trinajstić information content (AvgIpc) is 2.79. The van der Waals surface area contributed by atoms with Crippen molar-refractivity contribution in [1.29, 1.82) is 0 Å². The van der Waals surface area contributed by atoms with Crippen LogP contribution in [-0.2, 0) is 24.3 Å². The highest BCUT2D eigenvalue weighted by Gasteiger charge is 2.25. The molecule has 116 valence electrons. The van der Waals surface area contributed by atoms with Gasteiger partial charge < -0.3 is 10.3 Å². The Morgan fingerprint density at radius 2 is 2.18 bits per heavy atom. The summed E-state index contributed by atoms with van der Waals surface area (Å²) in [5.41, 5.74) is 9.46. The van der Waals surface area contributed by atoms with E-state index < -0.39 is 0 Å². The predicted molar refractivity (Wildman–Crippen MR) is 85.8 cm³/mol. The number of carbonyl (C=O) groups is 2. The molecular formula is C17H21N3O2. The number of aldehydes is 1. The van der Waals surface area contributed by atoms with Crippen molar-refractivity contribution in [2.24, 2.45) is 5.73 Å². The number of aromatic nitrogens is 1. The van der Waals surface area contributed by atoms with Crippen LogP contribution in [0.1, 0.15) is 35.5 Å². The maximum Gasteiger partial charge on any atom is 0.237 e. The first kappa shape index (κ1) is 14.8. The van der Waals surface area contributed by atoms with Crippen LogP contribution < -0.4 is 5.73 Å². The van der Waals surface area contributed by atoms with E-state index in [0.717, 1.165) is 36.7 Å². The molecule has 0 aliphatic carbocycles. The van der Waals surface area contributed by atoms with Crippen molar-refractivity contribution in [2.45, 2.75) is 39.4 Å². The maximum absolute atomic E-state index is 11.4. The zero-order chi connectivity index (χ0) is 15.9. The summed E-state index contributed by atoms with van der Waals surface area (Å²) >= 11 is 0. The number of benzene rings is 1. The quantitative estimate of drug-likeness (QED) is 0.874. The summed E-state index contributed by atoms with van der Waals surface area (Å²) in [6, 6.07) is 6.10. The van der Waals surface area contributed by atoms with Crippen LogP contribution in [-0.4, -0.2) is 34.2 Å². The molecule has 3 rings (SSSR count). The van der Waals surface area contributed by atoms with E-state index >= 15 is 0 Å². The molecule has 1 aliphatic rings. The van der Waals surface area contributed by atoms with Crippen LogP contribution in [0.3, 0.4) is 0 Å². The largest absolute Gasteiger partial charge is 0.368 e. The van der Waals surface area contributed by atoms with E-state index in [1.54, 1.807) is 6.07 Å². The minimum atomic E-state index is -0.342. The number of nitrogens with two attached hydrogens (primary N) is 1. The van der Waals surface area contributed by atoms with E-state index in [1.165, 1.54) is 11.3 Å². The first-order valence-electron chi connectivity index (χ1n) is 7.62. The Kier molecular flexibility index (Phi) is 3.74. The fraction of sp³-hybridized carbons (Fsp3) is 0.412. The SMILES string of the molecule is CC(C)N1CCc2c(c3cc(C=O)ccc3n2CC(N)=O)C1. The van der Waals surface area contributed by atoms with Crippen LogP contribution in [0.25, 0.3) is 10.9 Å². The van der Waals surface area contributed by atoms with Crippen LogP contribution >= 0.6 is 0 Å². The van der Waals surface area contributed by atoms with E-state index in [0.29, 0.717) is 11.6 Å². The summed E-state index contributed by atoms with van der Waals surface area (Å²) in [6.07, 6.45) is 1.76. The second kappa shape index (κ2) is 5.57. The lowest BCUT2D eigenvalue weighted by atomic mass is 10.0. The molecule has 2 N–H and O–H groups in total. The fourth-order valence-corrected chi connectivity index (χ4v) is 3.34. The Labute approximate surface area is 129 Å². The number of rotatable bonds is 4. The second-order valence-electron chi connectivity index (χ2n) is 6.19. The van der Waals surface area contributed by atoms with Gasteiger partial charge >= 0.3 is 0 Å². The van der Waals surface area contributed by atoms with E-state index in [-0.39, 0.29) is 12.5 Å². The van der Waals surface area contributed by atoms with Crippen molar-refractivity contribution < 1.29 is 9.59 Å². The lowest BCUT2D eigenvalue weighted by Gasteiger charge is -2.31. The monoisotopic (exact) mass is 299 g/mol. The first-order valence-corrected chi connectivity index (χ1v) is 7.62. The van der Waals surface area contributed by atoms with Crippen LogP contribution in [0, 0.1) is 0 Å². The molecule has 0 saturated heterocycles. The molecule has 2 heterocycles. The lowest BCUT2D eigenvalue weighted by molar-refractivity contribution is -0.118. The summed E-state index contributed by atoms with van der Waals surface area (Å²) in [6.45, 7) is 6.38. The van der Waals surface area contributed by atoms with E-state index in [9.17, 15) is 9.59 Å². The molecule has 0 fully saturated rings. The van der Waals surface area contributed by atoms with Crippen molar-refractivity contribution in [3.63, 3.8) is 0 Å².